The predicted molar refractivity (Wildman–Crippen MR) is 128 cm³/mol. The van der Waals surface area contributed by atoms with E-state index in [1.54, 1.807) is 22.8 Å². The van der Waals surface area contributed by atoms with Gasteiger partial charge in [0, 0.05) is 45.8 Å². The summed E-state index contributed by atoms with van der Waals surface area (Å²) in [6, 6.07) is 10.8. The van der Waals surface area contributed by atoms with Crippen molar-refractivity contribution >= 4 is 32.7 Å². The number of sulfonamides is 1. The first-order valence-corrected chi connectivity index (χ1v) is 12.8. The summed E-state index contributed by atoms with van der Waals surface area (Å²) >= 11 is 0. The van der Waals surface area contributed by atoms with Crippen molar-refractivity contribution < 1.29 is 26.7 Å². The molecule has 0 aliphatic carbocycles. The third-order valence-electron chi connectivity index (χ3n) is 5.94. The largest absolute Gasteiger partial charge is 0.381 e. The molecule has 0 saturated carbocycles. The lowest BCUT2D eigenvalue weighted by Crippen LogP contribution is -2.24. The maximum Gasteiger partial charge on any atom is 0.302 e. The average molecular weight is 507 g/mol. The number of halogens is 2. The summed E-state index contributed by atoms with van der Waals surface area (Å²) < 4.78 is 63.6. The van der Waals surface area contributed by atoms with Crippen LogP contribution >= 0.6 is 0 Å². The van der Waals surface area contributed by atoms with E-state index in [4.69, 9.17) is 4.74 Å². The standard InChI is InChI=1S/C24H28F2N4O4S/c1-16(31)28-19-4-6-20(7-5-19)35(32,33)27-14-18-3-8-22-21(13-18)29-23(24(2,25)26)30(22)15-17-9-11-34-12-10-17/h3-8,13,17,27H,9-12,14-15H2,1-2H3,(H,28,31). The van der Waals surface area contributed by atoms with E-state index in [0.717, 1.165) is 19.8 Å². The monoisotopic (exact) mass is 506 g/mol. The third kappa shape index (κ3) is 6.03. The number of ether oxygens (including phenoxy) is 1. The molecule has 0 radical (unpaired) electrons. The van der Waals surface area contributed by atoms with Crippen molar-refractivity contribution in [1.82, 2.24) is 14.3 Å². The molecule has 2 aromatic carbocycles. The first kappa shape index (κ1) is 25.2. The highest BCUT2D eigenvalue weighted by Gasteiger charge is 2.33. The Hall–Kier alpha value is -2.89. The normalized spacial score (nSPS) is 15.4. The molecule has 1 fully saturated rings. The zero-order valence-corrected chi connectivity index (χ0v) is 20.4. The highest BCUT2D eigenvalue weighted by molar-refractivity contribution is 7.89. The molecule has 1 amide bonds. The van der Waals surface area contributed by atoms with Crippen LogP contribution in [0.2, 0.25) is 0 Å². The van der Waals surface area contributed by atoms with Crippen molar-refractivity contribution in [2.75, 3.05) is 18.5 Å². The number of benzene rings is 2. The van der Waals surface area contributed by atoms with Gasteiger partial charge in [0.2, 0.25) is 15.9 Å². The lowest BCUT2D eigenvalue weighted by atomic mass is 10.00. The van der Waals surface area contributed by atoms with Gasteiger partial charge in [-0.3, -0.25) is 4.79 Å². The predicted octanol–water partition coefficient (Wildman–Crippen LogP) is 4.01. The molecule has 1 saturated heterocycles. The Morgan fingerprint density at radius 3 is 2.49 bits per heavy atom. The molecule has 0 spiro atoms. The van der Waals surface area contributed by atoms with Crippen molar-refractivity contribution in [3.05, 3.63) is 53.9 Å². The number of carbonyl (C=O) groups is 1. The minimum Gasteiger partial charge on any atom is -0.381 e. The lowest BCUT2D eigenvalue weighted by molar-refractivity contribution is -0.114. The van der Waals surface area contributed by atoms with E-state index in [0.29, 0.717) is 42.0 Å². The minimum atomic E-state index is -3.82. The van der Waals surface area contributed by atoms with E-state index >= 15 is 0 Å². The molecule has 1 aliphatic heterocycles. The van der Waals surface area contributed by atoms with Gasteiger partial charge in [0.15, 0.2) is 5.82 Å². The van der Waals surface area contributed by atoms with E-state index in [1.165, 1.54) is 31.2 Å². The highest BCUT2D eigenvalue weighted by atomic mass is 32.2. The summed E-state index contributed by atoms with van der Waals surface area (Å²) in [4.78, 5) is 15.4. The number of aromatic nitrogens is 2. The second-order valence-electron chi connectivity index (χ2n) is 8.84. The summed E-state index contributed by atoms with van der Waals surface area (Å²) in [5.41, 5.74) is 2.07. The number of amides is 1. The fourth-order valence-corrected chi connectivity index (χ4v) is 5.19. The number of imidazole rings is 1. The fourth-order valence-electron chi connectivity index (χ4n) is 4.17. The van der Waals surface area contributed by atoms with Crippen molar-refractivity contribution in [3.63, 3.8) is 0 Å². The van der Waals surface area contributed by atoms with Crippen LogP contribution in [-0.2, 0) is 38.6 Å². The second kappa shape index (κ2) is 10.00. The SMILES string of the molecule is CC(=O)Nc1ccc(S(=O)(=O)NCc2ccc3c(c2)nc(C(C)(F)F)n3CC2CCOCC2)cc1. The van der Waals surface area contributed by atoms with Crippen LogP contribution in [0.15, 0.2) is 47.4 Å². The first-order chi connectivity index (χ1) is 16.5. The molecule has 8 nitrogen and oxygen atoms in total. The van der Waals surface area contributed by atoms with Crippen LogP contribution in [0, 0.1) is 5.92 Å². The zero-order valence-electron chi connectivity index (χ0n) is 19.6. The van der Waals surface area contributed by atoms with Crippen LogP contribution in [0.1, 0.15) is 38.1 Å². The summed E-state index contributed by atoms with van der Waals surface area (Å²) in [7, 11) is -3.82. The van der Waals surface area contributed by atoms with Crippen LogP contribution < -0.4 is 10.0 Å². The molecule has 11 heteroatoms. The van der Waals surface area contributed by atoms with Gasteiger partial charge in [0.1, 0.15) is 0 Å². The third-order valence-corrected chi connectivity index (χ3v) is 7.36. The molecule has 0 bridgehead atoms. The lowest BCUT2D eigenvalue weighted by Gasteiger charge is -2.24. The molecule has 188 valence electrons. The smallest absolute Gasteiger partial charge is 0.302 e. The Kier molecular flexibility index (Phi) is 7.20. The molecule has 35 heavy (non-hydrogen) atoms. The molecule has 1 aromatic heterocycles. The summed E-state index contributed by atoms with van der Waals surface area (Å²) in [5, 5.41) is 2.58. The van der Waals surface area contributed by atoms with Crippen molar-refractivity contribution in [3.8, 4) is 0 Å². The molecule has 2 heterocycles. The quantitative estimate of drug-likeness (QED) is 0.481. The van der Waals surface area contributed by atoms with Crippen molar-refractivity contribution in [1.29, 1.82) is 0 Å². The number of nitrogens with zero attached hydrogens (tertiary/aromatic N) is 2. The van der Waals surface area contributed by atoms with Gasteiger partial charge >= 0.3 is 5.92 Å². The number of hydrogen-bond acceptors (Lipinski definition) is 5. The van der Waals surface area contributed by atoms with Crippen LogP contribution in [0.25, 0.3) is 11.0 Å². The molecule has 2 N–H and O–H groups in total. The van der Waals surface area contributed by atoms with Crippen LogP contribution in [0.5, 0.6) is 0 Å². The first-order valence-electron chi connectivity index (χ1n) is 11.4. The Labute approximate surface area is 202 Å². The maximum absolute atomic E-state index is 14.4. The van der Waals surface area contributed by atoms with Gasteiger partial charge in [-0.25, -0.2) is 18.1 Å². The number of carbonyl (C=O) groups excluding carboxylic acids is 1. The van der Waals surface area contributed by atoms with Gasteiger partial charge in [0.25, 0.3) is 0 Å². The van der Waals surface area contributed by atoms with E-state index in [9.17, 15) is 22.0 Å². The van der Waals surface area contributed by atoms with E-state index in [1.807, 2.05) is 0 Å². The van der Waals surface area contributed by atoms with Crippen LogP contribution in [-0.4, -0.2) is 37.1 Å². The van der Waals surface area contributed by atoms with Crippen molar-refractivity contribution in [2.45, 2.75) is 50.6 Å². The van der Waals surface area contributed by atoms with Gasteiger partial charge in [-0.2, -0.15) is 8.78 Å². The number of rotatable bonds is 8. The fraction of sp³-hybridized carbons (Fsp3) is 0.417. The Morgan fingerprint density at radius 1 is 1.17 bits per heavy atom. The molecular formula is C24H28F2N4O4S. The summed E-state index contributed by atoms with van der Waals surface area (Å²) in [6.45, 7) is 3.84. The number of nitrogens with one attached hydrogen (secondary N) is 2. The topological polar surface area (TPSA) is 102 Å². The number of hydrogen-bond donors (Lipinski definition) is 2. The van der Waals surface area contributed by atoms with E-state index in [2.05, 4.69) is 15.0 Å². The van der Waals surface area contributed by atoms with Gasteiger partial charge in [0.05, 0.1) is 15.9 Å². The van der Waals surface area contributed by atoms with E-state index in [-0.39, 0.29) is 29.1 Å². The maximum atomic E-state index is 14.4. The van der Waals surface area contributed by atoms with Crippen LogP contribution in [0.3, 0.4) is 0 Å². The highest BCUT2D eigenvalue weighted by Crippen LogP contribution is 2.32. The average Bonchev–Trinajstić information content (AvgIpc) is 3.16. The molecule has 0 atom stereocenters. The molecular weight excluding hydrogens is 478 g/mol. The Bertz CT molecular complexity index is 1310. The number of alkyl halides is 2. The molecule has 4 rings (SSSR count). The number of fused-ring (bicyclic) bond motifs is 1. The Morgan fingerprint density at radius 2 is 1.86 bits per heavy atom. The van der Waals surface area contributed by atoms with E-state index < -0.39 is 15.9 Å². The molecule has 1 aliphatic rings. The zero-order chi connectivity index (χ0) is 25.2. The second-order valence-corrected chi connectivity index (χ2v) is 10.6. The molecule has 0 unspecified atom stereocenters. The molecule has 3 aromatic rings. The van der Waals surface area contributed by atoms with Gasteiger partial charge in [-0.05, 0) is 60.7 Å². The Balaban J connectivity index is 1.53. The summed E-state index contributed by atoms with van der Waals surface area (Å²) in [6.07, 6.45) is 1.61. The number of anilines is 1. The van der Waals surface area contributed by atoms with Crippen LogP contribution in [0.4, 0.5) is 14.5 Å². The van der Waals surface area contributed by atoms with Gasteiger partial charge in [-0.15, -0.1) is 0 Å². The minimum absolute atomic E-state index is 0.0314. The van der Waals surface area contributed by atoms with Crippen molar-refractivity contribution in [2.24, 2.45) is 5.92 Å². The van der Waals surface area contributed by atoms with Gasteiger partial charge in [-0.1, -0.05) is 6.07 Å². The summed E-state index contributed by atoms with van der Waals surface area (Å²) in [5.74, 6) is -3.44. The van der Waals surface area contributed by atoms with Gasteiger partial charge < -0.3 is 14.6 Å².